The lowest BCUT2D eigenvalue weighted by Crippen LogP contribution is -2.35. The minimum Gasteiger partial charge on any atom is -0.478 e. The second-order valence-electron chi connectivity index (χ2n) is 10.6. The molecule has 1 unspecified atom stereocenters. The summed E-state index contributed by atoms with van der Waals surface area (Å²) in [5.74, 6) is 0.517. The molecule has 4 aromatic rings. The molecular weight excluding hydrogens is 633 g/mol. The van der Waals surface area contributed by atoms with E-state index in [1.165, 1.54) is 0 Å². The highest BCUT2D eigenvalue weighted by molar-refractivity contribution is 14.1. The molecule has 0 saturated heterocycles. The van der Waals surface area contributed by atoms with Gasteiger partial charge in [0, 0.05) is 25.1 Å². The molecule has 0 spiro atoms. The van der Waals surface area contributed by atoms with Crippen LogP contribution in [0.2, 0.25) is 0 Å². The van der Waals surface area contributed by atoms with Crippen molar-refractivity contribution in [3.05, 3.63) is 88.7 Å². The van der Waals surface area contributed by atoms with Gasteiger partial charge in [-0.1, -0.05) is 63.2 Å². The van der Waals surface area contributed by atoms with Crippen LogP contribution >= 0.6 is 35.2 Å². The number of aromatic nitrogens is 2. The van der Waals surface area contributed by atoms with Gasteiger partial charge in [0.1, 0.15) is 9.21 Å². The van der Waals surface area contributed by atoms with Crippen molar-refractivity contribution in [1.29, 1.82) is 0 Å². The van der Waals surface area contributed by atoms with Gasteiger partial charge >= 0.3 is 5.97 Å². The summed E-state index contributed by atoms with van der Waals surface area (Å²) in [7, 11) is 0. The first-order valence-corrected chi connectivity index (χ1v) is 15.4. The Morgan fingerprint density at radius 1 is 1.10 bits per heavy atom. The van der Waals surface area contributed by atoms with E-state index in [1.807, 2.05) is 60.4 Å². The number of amides is 1. The van der Waals surface area contributed by atoms with Gasteiger partial charge in [-0.25, -0.2) is 9.78 Å². The van der Waals surface area contributed by atoms with Gasteiger partial charge in [0.25, 0.3) is 5.91 Å². The molecule has 0 radical (unpaired) electrons. The van der Waals surface area contributed by atoms with Crippen molar-refractivity contribution in [2.45, 2.75) is 56.9 Å². The van der Waals surface area contributed by atoms with Crippen molar-refractivity contribution in [1.82, 2.24) is 14.5 Å². The Labute approximate surface area is 255 Å². The van der Waals surface area contributed by atoms with Crippen LogP contribution in [0.3, 0.4) is 0 Å². The number of halogens is 1. The van der Waals surface area contributed by atoms with Crippen molar-refractivity contribution in [3.63, 3.8) is 0 Å². The molecule has 4 rings (SSSR count). The molecule has 6 nitrogen and oxygen atoms in total. The zero-order valence-electron chi connectivity index (χ0n) is 23.4. The van der Waals surface area contributed by atoms with Crippen LogP contribution in [0.15, 0.2) is 60.7 Å². The Hall–Kier alpha value is -2.85. The molecule has 0 aliphatic rings. The van der Waals surface area contributed by atoms with E-state index in [2.05, 4.69) is 60.6 Å². The number of aromatic carboxylic acids is 1. The van der Waals surface area contributed by atoms with Crippen LogP contribution < -0.4 is 0 Å². The maximum atomic E-state index is 13.6. The quantitative estimate of drug-likeness (QED) is 0.0561. The lowest BCUT2D eigenvalue weighted by Gasteiger charge is -2.26. The largest absolute Gasteiger partial charge is 0.478 e. The maximum absolute atomic E-state index is 13.6. The molecule has 1 atom stereocenters. The van der Waals surface area contributed by atoms with E-state index in [4.69, 9.17) is 4.98 Å². The molecule has 0 bridgehead atoms. The molecule has 1 aromatic heterocycles. The summed E-state index contributed by atoms with van der Waals surface area (Å²) in [6, 6.07) is 19.0. The van der Waals surface area contributed by atoms with E-state index in [0.717, 1.165) is 52.8 Å². The van der Waals surface area contributed by atoms with Gasteiger partial charge in [-0.2, -0.15) is 0 Å². The topological polar surface area (TPSA) is 75.4 Å². The molecule has 1 heterocycles. The number of aryl methyl sites for hydroxylation is 2. The number of carboxylic acids is 1. The van der Waals surface area contributed by atoms with E-state index in [1.54, 1.807) is 12.1 Å². The molecule has 1 amide bonds. The van der Waals surface area contributed by atoms with Crippen molar-refractivity contribution in [2.75, 3.05) is 6.54 Å². The van der Waals surface area contributed by atoms with Crippen molar-refractivity contribution in [3.8, 4) is 11.1 Å². The van der Waals surface area contributed by atoms with Crippen LogP contribution in [-0.2, 0) is 13.0 Å². The van der Waals surface area contributed by atoms with Crippen LogP contribution in [0.1, 0.15) is 71.3 Å². The monoisotopic (exact) mass is 669 g/mol. The van der Waals surface area contributed by atoms with E-state index >= 15 is 0 Å². The summed E-state index contributed by atoms with van der Waals surface area (Å²) in [5, 5.41) is 9.59. The van der Waals surface area contributed by atoms with Gasteiger partial charge in [0.15, 0.2) is 0 Å². The third kappa shape index (κ3) is 6.71. The molecule has 3 aromatic carbocycles. The van der Waals surface area contributed by atoms with Gasteiger partial charge in [-0.05, 0) is 88.7 Å². The number of carboxylic acid groups (broad SMARTS) is 1. The summed E-state index contributed by atoms with van der Waals surface area (Å²) < 4.78 is 1.99. The highest BCUT2D eigenvalue weighted by Crippen LogP contribution is 2.28. The summed E-state index contributed by atoms with van der Waals surface area (Å²) in [6.45, 7) is 9.72. The number of thiol groups is 1. The number of hydrogen-bond donors (Lipinski definition) is 2. The summed E-state index contributed by atoms with van der Waals surface area (Å²) in [6.07, 6.45) is 2.70. The van der Waals surface area contributed by atoms with Crippen LogP contribution in [0.4, 0.5) is 0 Å². The van der Waals surface area contributed by atoms with Gasteiger partial charge in [-0.15, -0.1) is 12.6 Å². The van der Waals surface area contributed by atoms with Crippen molar-refractivity contribution in [2.24, 2.45) is 5.92 Å². The fraction of sp³-hybridized carbons (Fsp3) is 0.344. The zero-order chi connectivity index (χ0) is 29.0. The fourth-order valence-corrected chi connectivity index (χ4v) is 5.67. The minimum absolute atomic E-state index is 0.0220. The number of alkyl halides is 1. The molecule has 0 fully saturated rings. The number of imidazole rings is 1. The number of rotatable bonds is 11. The van der Waals surface area contributed by atoms with Crippen molar-refractivity contribution >= 4 is 58.1 Å². The molecule has 8 heteroatoms. The minimum atomic E-state index is -0.941. The second kappa shape index (κ2) is 13.2. The van der Waals surface area contributed by atoms with E-state index in [0.29, 0.717) is 30.1 Å². The second-order valence-corrected chi connectivity index (χ2v) is 13.2. The summed E-state index contributed by atoms with van der Waals surface area (Å²) >= 11 is 6.78. The number of nitrogens with zero attached hydrogens (tertiary/aromatic N) is 3. The number of fused-ring (bicyclic) bond motifs is 1. The van der Waals surface area contributed by atoms with Crippen LogP contribution in [0.5, 0.6) is 0 Å². The Balaban J connectivity index is 1.71. The Bertz CT molecular complexity index is 1510. The maximum Gasteiger partial charge on any atom is 0.336 e. The van der Waals surface area contributed by atoms with E-state index < -0.39 is 5.97 Å². The Kier molecular flexibility index (Phi) is 9.94. The van der Waals surface area contributed by atoms with E-state index in [-0.39, 0.29) is 14.9 Å². The predicted molar refractivity (Wildman–Crippen MR) is 174 cm³/mol. The predicted octanol–water partition coefficient (Wildman–Crippen LogP) is 7.85. The SMILES string of the molecule is CCCc1nc2c(C)cc(C(=O)N(CCC(C)C)C(S)I)cc2n1Cc1ccc(-c2ccccc2C(=O)O)cc1. The lowest BCUT2D eigenvalue weighted by molar-refractivity contribution is 0.0696. The normalized spacial score (nSPS) is 12.2. The molecule has 0 aliphatic carbocycles. The third-order valence-corrected chi connectivity index (χ3v) is 8.02. The summed E-state index contributed by atoms with van der Waals surface area (Å²) in [4.78, 5) is 32.2. The first-order chi connectivity index (χ1) is 19.1. The average molecular weight is 670 g/mol. The van der Waals surface area contributed by atoms with Gasteiger partial charge in [0.2, 0.25) is 0 Å². The van der Waals surface area contributed by atoms with Crippen LogP contribution in [-0.4, -0.2) is 41.4 Å². The number of hydrogen-bond acceptors (Lipinski definition) is 4. The first kappa shape index (κ1) is 30.1. The zero-order valence-corrected chi connectivity index (χ0v) is 26.4. The smallest absolute Gasteiger partial charge is 0.336 e. The van der Waals surface area contributed by atoms with Crippen LogP contribution in [0, 0.1) is 12.8 Å². The Morgan fingerprint density at radius 3 is 2.42 bits per heavy atom. The summed E-state index contributed by atoms with van der Waals surface area (Å²) in [5.41, 5.74) is 6.39. The van der Waals surface area contributed by atoms with Crippen molar-refractivity contribution < 1.29 is 14.7 Å². The molecule has 0 aliphatic heterocycles. The van der Waals surface area contributed by atoms with Gasteiger partial charge < -0.3 is 14.6 Å². The van der Waals surface area contributed by atoms with Crippen LogP contribution in [0.25, 0.3) is 22.2 Å². The fourth-order valence-electron chi connectivity index (χ4n) is 4.92. The molecule has 40 heavy (non-hydrogen) atoms. The highest BCUT2D eigenvalue weighted by Gasteiger charge is 2.23. The molecule has 0 saturated carbocycles. The number of benzene rings is 3. The number of carbonyl (C=O) groups is 2. The Morgan fingerprint density at radius 2 is 1.80 bits per heavy atom. The van der Waals surface area contributed by atoms with Gasteiger partial charge in [-0.3, -0.25) is 4.79 Å². The van der Waals surface area contributed by atoms with E-state index in [9.17, 15) is 14.7 Å². The lowest BCUT2D eigenvalue weighted by atomic mass is 9.98. The van der Waals surface area contributed by atoms with Gasteiger partial charge in [0.05, 0.1) is 16.6 Å². The first-order valence-electron chi connectivity index (χ1n) is 13.6. The third-order valence-electron chi connectivity index (χ3n) is 7.07. The standard InChI is InChI=1S/C32H36IN3O3S/c1-5-8-28-34-29-21(4)17-24(30(37)35(32(33)40)16-15-20(2)3)18-27(29)36(28)19-22-11-13-23(14-12-22)25-9-6-7-10-26(25)31(38)39/h6-7,9-14,17-18,20,32,40H,5,8,15-16,19H2,1-4H3,(H,38,39). The molecule has 1 N–H and O–H groups in total. The molecular formula is C32H36IN3O3S. The molecule has 210 valence electrons. The number of carbonyl (C=O) groups excluding carboxylic acids is 1. The average Bonchev–Trinajstić information content (AvgIpc) is 3.26. The highest BCUT2D eigenvalue weighted by atomic mass is 127.